The third-order valence-electron chi connectivity index (χ3n) is 3.88. The lowest BCUT2D eigenvalue weighted by Gasteiger charge is -2.39. The van der Waals surface area contributed by atoms with Gasteiger partial charge in [-0.15, -0.1) is 0 Å². The summed E-state index contributed by atoms with van der Waals surface area (Å²) in [5.41, 5.74) is 6.23. The molecule has 0 bridgehead atoms. The maximum absolute atomic E-state index is 5.97. The van der Waals surface area contributed by atoms with Gasteiger partial charge in [-0.1, -0.05) is 41.5 Å². The summed E-state index contributed by atoms with van der Waals surface area (Å²) < 4.78 is 0. The average molecular weight is 257 g/mol. The Morgan fingerprint density at radius 2 is 1.50 bits per heavy atom. The van der Waals surface area contributed by atoms with Gasteiger partial charge < -0.3 is 10.6 Å². The molecule has 18 heavy (non-hydrogen) atoms. The highest BCUT2D eigenvalue weighted by atomic mass is 15.2. The number of nitrogens with zero attached hydrogens (tertiary/aromatic N) is 2. The van der Waals surface area contributed by atoms with Gasteiger partial charge in [0.05, 0.1) is 0 Å². The molecule has 2 N–H and O–H groups in total. The Balaban J connectivity index is 4.25. The molecule has 1 atom stereocenters. The van der Waals surface area contributed by atoms with Crippen molar-refractivity contribution in [2.24, 2.45) is 11.1 Å². The van der Waals surface area contributed by atoms with Gasteiger partial charge in [-0.05, 0) is 44.6 Å². The van der Waals surface area contributed by atoms with Crippen molar-refractivity contribution in [3.05, 3.63) is 0 Å². The molecular formula is C15H35N3. The Morgan fingerprint density at radius 1 is 0.944 bits per heavy atom. The monoisotopic (exact) mass is 257 g/mol. The summed E-state index contributed by atoms with van der Waals surface area (Å²) in [6, 6.07) is 0.485. The quantitative estimate of drug-likeness (QED) is 0.688. The van der Waals surface area contributed by atoms with Gasteiger partial charge in [0.1, 0.15) is 0 Å². The second-order valence-corrected chi connectivity index (χ2v) is 6.13. The Bertz CT molecular complexity index is 194. The number of likely N-dealkylation sites (N-methyl/N-ethyl adjacent to an activating group) is 1. The second kappa shape index (κ2) is 8.89. The van der Waals surface area contributed by atoms with Crippen LogP contribution in [0.1, 0.15) is 48.0 Å². The Kier molecular flexibility index (Phi) is 8.83. The molecule has 0 saturated carbocycles. The van der Waals surface area contributed by atoms with Gasteiger partial charge in [-0.3, -0.25) is 4.90 Å². The topological polar surface area (TPSA) is 32.5 Å². The molecule has 0 spiro atoms. The van der Waals surface area contributed by atoms with Crippen LogP contribution in [0.4, 0.5) is 0 Å². The summed E-state index contributed by atoms with van der Waals surface area (Å²) in [5.74, 6) is 0. The molecule has 0 fully saturated rings. The molecule has 0 aliphatic rings. The Labute approximate surface area is 115 Å². The SMILES string of the molecule is CCN(CC)CCCN(CC)C(CN)C(C)(C)C. The smallest absolute Gasteiger partial charge is 0.0266 e. The van der Waals surface area contributed by atoms with E-state index in [1.165, 1.54) is 13.0 Å². The van der Waals surface area contributed by atoms with Crippen LogP contribution in [0.3, 0.4) is 0 Å². The predicted molar refractivity (Wildman–Crippen MR) is 81.9 cm³/mol. The summed E-state index contributed by atoms with van der Waals surface area (Å²) in [4.78, 5) is 5.03. The highest BCUT2D eigenvalue weighted by Gasteiger charge is 2.27. The fourth-order valence-corrected chi connectivity index (χ4v) is 2.62. The summed E-state index contributed by atoms with van der Waals surface area (Å²) in [6.45, 7) is 20.1. The van der Waals surface area contributed by atoms with E-state index in [1.807, 2.05) is 0 Å². The van der Waals surface area contributed by atoms with Gasteiger partial charge in [-0.25, -0.2) is 0 Å². The first kappa shape index (κ1) is 17.9. The maximum atomic E-state index is 5.97. The van der Waals surface area contributed by atoms with Gasteiger partial charge >= 0.3 is 0 Å². The Hall–Kier alpha value is -0.120. The van der Waals surface area contributed by atoms with Crippen LogP contribution in [0.15, 0.2) is 0 Å². The fourth-order valence-electron chi connectivity index (χ4n) is 2.62. The van der Waals surface area contributed by atoms with Crippen molar-refractivity contribution < 1.29 is 0 Å². The molecule has 0 aliphatic heterocycles. The van der Waals surface area contributed by atoms with E-state index in [4.69, 9.17) is 5.73 Å². The number of hydrogen-bond acceptors (Lipinski definition) is 3. The average Bonchev–Trinajstić information content (AvgIpc) is 2.31. The third-order valence-corrected chi connectivity index (χ3v) is 3.88. The lowest BCUT2D eigenvalue weighted by molar-refractivity contribution is 0.105. The number of nitrogens with two attached hydrogens (primary N) is 1. The number of hydrogen-bond donors (Lipinski definition) is 1. The third kappa shape index (κ3) is 6.17. The summed E-state index contributed by atoms with van der Waals surface area (Å²) >= 11 is 0. The fraction of sp³-hybridized carbons (Fsp3) is 1.00. The van der Waals surface area contributed by atoms with E-state index in [9.17, 15) is 0 Å². The predicted octanol–water partition coefficient (Wildman–Crippen LogP) is 2.41. The molecule has 1 unspecified atom stereocenters. The van der Waals surface area contributed by atoms with Crippen LogP contribution in [-0.4, -0.2) is 55.1 Å². The zero-order chi connectivity index (χ0) is 14.2. The number of rotatable bonds is 9. The van der Waals surface area contributed by atoms with Gasteiger partial charge in [0.25, 0.3) is 0 Å². The van der Waals surface area contributed by atoms with Crippen LogP contribution in [0.2, 0.25) is 0 Å². The molecule has 3 heteroatoms. The first-order valence-corrected chi connectivity index (χ1v) is 7.57. The lowest BCUT2D eigenvalue weighted by Crippen LogP contribution is -2.49. The van der Waals surface area contributed by atoms with E-state index in [0.29, 0.717) is 6.04 Å². The minimum atomic E-state index is 0.264. The molecule has 3 nitrogen and oxygen atoms in total. The molecule has 0 aliphatic carbocycles. The molecule has 0 saturated heterocycles. The van der Waals surface area contributed by atoms with Crippen LogP contribution >= 0.6 is 0 Å². The van der Waals surface area contributed by atoms with Gasteiger partial charge in [0.15, 0.2) is 0 Å². The van der Waals surface area contributed by atoms with Crippen LogP contribution in [0, 0.1) is 5.41 Å². The second-order valence-electron chi connectivity index (χ2n) is 6.13. The van der Waals surface area contributed by atoms with E-state index in [-0.39, 0.29) is 5.41 Å². The zero-order valence-electron chi connectivity index (χ0n) is 13.5. The van der Waals surface area contributed by atoms with Gasteiger partial charge in [0, 0.05) is 12.6 Å². The summed E-state index contributed by atoms with van der Waals surface area (Å²) in [7, 11) is 0. The molecule has 0 rings (SSSR count). The molecular weight excluding hydrogens is 222 g/mol. The van der Waals surface area contributed by atoms with E-state index in [2.05, 4.69) is 51.3 Å². The van der Waals surface area contributed by atoms with Crippen LogP contribution < -0.4 is 5.73 Å². The lowest BCUT2D eigenvalue weighted by atomic mass is 9.85. The minimum absolute atomic E-state index is 0.264. The van der Waals surface area contributed by atoms with E-state index < -0.39 is 0 Å². The van der Waals surface area contributed by atoms with Gasteiger partial charge in [-0.2, -0.15) is 0 Å². The van der Waals surface area contributed by atoms with Gasteiger partial charge in [0.2, 0.25) is 0 Å². The molecule has 0 amide bonds. The summed E-state index contributed by atoms with van der Waals surface area (Å²) in [5, 5.41) is 0. The summed E-state index contributed by atoms with van der Waals surface area (Å²) in [6.07, 6.45) is 1.24. The van der Waals surface area contributed by atoms with Crippen molar-refractivity contribution in [3.8, 4) is 0 Å². The van der Waals surface area contributed by atoms with Crippen LogP contribution in [-0.2, 0) is 0 Å². The molecule has 110 valence electrons. The molecule has 0 heterocycles. The van der Waals surface area contributed by atoms with Crippen molar-refractivity contribution in [1.82, 2.24) is 9.80 Å². The van der Waals surface area contributed by atoms with Crippen molar-refractivity contribution in [1.29, 1.82) is 0 Å². The first-order valence-electron chi connectivity index (χ1n) is 7.57. The van der Waals surface area contributed by atoms with Crippen molar-refractivity contribution in [3.63, 3.8) is 0 Å². The normalized spacial score (nSPS) is 14.5. The first-order chi connectivity index (χ1) is 8.40. The highest BCUT2D eigenvalue weighted by Crippen LogP contribution is 2.23. The van der Waals surface area contributed by atoms with E-state index in [1.54, 1.807) is 0 Å². The van der Waals surface area contributed by atoms with E-state index in [0.717, 1.165) is 32.7 Å². The van der Waals surface area contributed by atoms with Crippen molar-refractivity contribution in [2.45, 2.75) is 54.0 Å². The van der Waals surface area contributed by atoms with Crippen LogP contribution in [0.25, 0.3) is 0 Å². The highest BCUT2D eigenvalue weighted by molar-refractivity contribution is 4.83. The Morgan fingerprint density at radius 3 is 1.83 bits per heavy atom. The maximum Gasteiger partial charge on any atom is 0.0266 e. The molecule has 0 aromatic carbocycles. The molecule has 0 radical (unpaired) electrons. The standard InChI is InChI=1S/C15H35N3/c1-7-17(8-2)11-10-12-18(9-3)14(13-16)15(4,5)6/h14H,7-13,16H2,1-6H3. The molecule has 0 aromatic rings. The largest absolute Gasteiger partial charge is 0.329 e. The zero-order valence-corrected chi connectivity index (χ0v) is 13.5. The van der Waals surface area contributed by atoms with Crippen molar-refractivity contribution in [2.75, 3.05) is 39.3 Å². The van der Waals surface area contributed by atoms with Crippen molar-refractivity contribution >= 4 is 0 Å². The van der Waals surface area contributed by atoms with E-state index >= 15 is 0 Å². The van der Waals surface area contributed by atoms with Crippen LogP contribution in [0.5, 0.6) is 0 Å². The molecule has 0 aromatic heterocycles. The minimum Gasteiger partial charge on any atom is -0.329 e.